The van der Waals surface area contributed by atoms with Crippen LogP contribution in [0.5, 0.6) is 0 Å². The molecule has 0 atom stereocenters. The van der Waals surface area contributed by atoms with E-state index in [1.807, 2.05) is 6.07 Å². The lowest BCUT2D eigenvalue weighted by atomic mass is 9.86. The highest BCUT2D eigenvalue weighted by Crippen LogP contribution is 2.28. The van der Waals surface area contributed by atoms with Crippen molar-refractivity contribution < 1.29 is 19.4 Å². The summed E-state index contributed by atoms with van der Waals surface area (Å²) in [5, 5.41) is 12.4. The second-order valence-electron chi connectivity index (χ2n) is 6.75. The Morgan fingerprint density at radius 3 is 2.57 bits per heavy atom. The number of amides is 1. The van der Waals surface area contributed by atoms with Gasteiger partial charge < -0.3 is 20.1 Å². The average molecular weight is 361 g/mol. The van der Waals surface area contributed by atoms with Gasteiger partial charge in [0.05, 0.1) is 16.3 Å². The van der Waals surface area contributed by atoms with Gasteiger partial charge in [0.2, 0.25) is 0 Å². The van der Waals surface area contributed by atoms with E-state index in [1.165, 1.54) is 16.2 Å². The molecule has 0 spiro atoms. The Morgan fingerprint density at radius 1 is 1.43 bits per heavy atom. The molecule has 1 saturated heterocycles. The number of nitrogens with zero attached hydrogens (tertiary/aromatic N) is 1. The van der Waals surface area contributed by atoms with Crippen molar-refractivity contribution in [2.24, 2.45) is 0 Å². The number of hydrogen-bond donors (Lipinski definition) is 2. The SMILES string of the molecule is CC(C)(C)OC(=O)N1CC(CC(=O)O)(NCc2ccc(Cl)s2)C1. The van der Waals surface area contributed by atoms with Gasteiger partial charge >= 0.3 is 12.1 Å². The lowest BCUT2D eigenvalue weighted by Crippen LogP contribution is -2.71. The van der Waals surface area contributed by atoms with Gasteiger partial charge in [0.25, 0.3) is 0 Å². The van der Waals surface area contributed by atoms with Gasteiger partial charge in [-0.15, -0.1) is 11.3 Å². The van der Waals surface area contributed by atoms with E-state index in [0.717, 1.165) is 4.88 Å². The predicted octanol–water partition coefficient (Wildman–Crippen LogP) is 2.96. The zero-order valence-corrected chi connectivity index (χ0v) is 15.0. The van der Waals surface area contributed by atoms with Gasteiger partial charge in [-0.2, -0.15) is 0 Å². The van der Waals surface area contributed by atoms with E-state index in [0.29, 0.717) is 24.0 Å². The van der Waals surface area contributed by atoms with Gasteiger partial charge in [0, 0.05) is 24.5 Å². The Kier molecular flexibility index (Phi) is 5.23. The molecule has 128 valence electrons. The van der Waals surface area contributed by atoms with Crippen LogP contribution >= 0.6 is 22.9 Å². The summed E-state index contributed by atoms with van der Waals surface area (Å²) >= 11 is 7.34. The van der Waals surface area contributed by atoms with Crippen molar-refractivity contribution in [2.75, 3.05) is 13.1 Å². The van der Waals surface area contributed by atoms with Crippen LogP contribution in [0.1, 0.15) is 32.1 Å². The van der Waals surface area contributed by atoms with E-state index in [4.69, 9.17) is 21.4 Å². The fourth-order valence-corrected chi connectivity index (χ4v) is 3.46. The smallest absolute Gasteiger partial charge is 0.410 e. The summed E-state index contributed by atoms with van der Waals surface area (Å²) in [5.74, 6) is -0.898. The van der Waals surface area contributed by atoms with Crippen molar-refractivity contribution in [3.63, 3.8) is 0 Å². The lowest BCUT2D eigenvalue weighted by molar-refractivity contribution is -0.141. The molecule has 0 aliphatic carbocycles. The van der Waals surface area contributed by atoms with Crippen molar-refractivity contribution in [3.8, 4) is 0 Å². The maximum atomic E-state index is 12.0. The molecule has 23 heavy (non-hydrogen) atoms. The molecule has 6 nitrogen and oxygen atoms in total. The molecule has 0 unspecified atom stereocenters. The molecule has 8 heteroatoms. The Morgan fingerprint density at radius 2 is 2.09 bits per heavy atom. The summed E-state index contributed by atoms with van der Waals surface area (Å²) in [7, 11) is 0. The molecule has 2 rings (SSSR count). The minimum atomic E-state index is -0.898. The van der Waals surface area contributed by atoms with Crippen molar-refractivity contribution in [1.29, 1.82) is 0 Å². The highest BCUT2D eigenvalue weighted by molar-refractivity contribution is 7.16. The van der Waals surface area contributed by atoms with Gasteiger partial charge in [-0.3, -0.25) is 4.79 Å². The minimum Gasteiger partial charge on any atom is -0.481 e. The molecular weight excluding hydrogens is 340 g/mol. The fourth-order valence-electron chi connectivity index (χ4n) is 2.44. The second kappa shape index (κ2) is 6.67. The molecule has 1 amide bonds. The molecule has 0 radical (unpaired) electrons. The number of rotatable bonds is 5. The van der Waals surface area contributed by atoms with Crippen LogP contribution in [0, 0.1) is 0 Å². The molecule has 1 aromatic heterocycles. The molecule has 1 fully saturated rings. The van der Waals surface area contributed by atoms with Crippen LogP contribution in [0.25, 0.3) is 0 Å². The van der Waals surface area contributed by atoms with E-state index >= 15 is 0 Å². The Hall–Kier alpha value is -1.31. The lowest BCUT2D eigenvalue weighted by Gasteiger charge is -2.49. The van der Waals surface area contributed by atoms with Gasteiger partial charge in [-0.1, -0.05) is 11.6 Å². The highest BCUT2D eigenvalue weighted by atomic mass is 35.5. The highest BCUT2D eigenvalue weighted by Gasteiger charge is 2.47. The molecule has 2 N–H and O–H groups in total. The molecule has 0 bridgehead atoms. The standard InChI is InChI=1S/C15H21ClN2O4S/c1-14(2,3)22-13(21)18-8-15(9-18,6-12(19)20)17-7-10-4-5-11(16)23-10/h4-5,17H,6-9H2,1-3H3,(H,19,20). The summed E-state index contributed by atoms with van der Waals surface area (Å²) in [6.07, 6.45) is -0.467. The number of hydrogen-bond acceptors (Lipinski definition) is 5. The number of carboxylic acid groups (broad SMARTS) is 1. The van der Waals surface area contributed by atoms with Crippen LogP contribution in [0.2, 0.25) is 4.34 Å². The molecule has 2 heterocycles. The topological polar surface area (TPSA) is 78.9 Å². The third kappa shape index (κ3) is 5.09. The zero-order valence-electron chi connectivity index (χ0n) is 13.4. The number of likely N-dealkylation sites (tertiary alicyclic amines) is 1. The van der Waals surface area contributed by atoms with Gasteiger partial charge in [-0.25, -0.2) is 4.79 Å². The second-order valence-corrected chi connectivity index (χ2v) is 8.55. The van der Waals surface area contributed by atoms with Crippen LogP contribution in [0.3, 0.4) is 0 Å². The maximum absolute atomic E-state index is 12.0. The first-order chi connectivity index (χ1) is 10.6. The van der Waals surface area contributed by atoms with E-state index in [2.05, 4.69) is 5.32 Å². The number of ether oxygens (including phenoxy) is 1. The predicted molar refractivity (Wildman–Crippen MR) is 89.0 cm³/mol. The van der Waals surface area contributed by atoms with Crippen LogP contribution in [-0.4, -0.2) is 46.3 Å². The summed E-state index contributed by atoms with van der Waals surface area (Å²) in [4.78, 5) is 25.7. The van der Waals surface area contributed by atoms with Gasteiger partial charge in [-0.05, 0) is 32.9 Å². The van der Waals surface area contributed by atoms with E-state index < -0.39 is 23.2 Å². The zero-order chi connectivity index (χ0) is 17.3. The normalized spacial score (nSPS) is 16.8. The average Bonchev–Trinajstić information content (AvgIpc) is 2.75. The van der Waals surface area contributed by atoms with Gasteiger partial charge in [0.15, 0.2) is 0 Å². The first-order valence-electron chi connectivity index (χ1n) is 7.28. The summed E-state index contributed by atoms with van der Waals surface area (Å²) in [6, 6.07) is 3.71. The van der Waals surface area contributed by atoms with E-state index in [1.54, 1.807) is 26.8 Å². The number of thiophene rings is 1. The Labute approximate surface area is 144 Å². The molecule has 0 saturated carbocycles. The third-order valence-electron chi connectivity index (χ3n) is 3.39. The van der Waals surface area contributed by atoms with Crippen molar-refractivity contribution >= 4 is 35.0 Å². The van der Waals surface area contributed by atoms with Crippen LogP contribution in [-0.2, 0) is 16.1 Å². The van der Waals surface area contributed by atoms with Crippen LogP contribution in [0.15, 0.2) is 12.1 Å². The first-order valence-corrected chi connectivity index (χ1v) is 8.47. The van der Waals surface area contributed by atoms with E-state index in [9.17, 15) is 9.59 Å². The molecule has 1 aliphatic rings. The van der Waals surface area contributed by atoms with E-state index in [-0.39, 0.29) is 6.42 Å². The number of carbonyl (C=O) groups is 2. The molecule has 0 aromatic carbocycles. The number of nitrogens with one attached hydrogen (secondary N) is 1. The summed E-state index contributed by atoms with van der Waals surface area (Å²) < 4.78 is 6.00. The van der Waals surface area contributed by atoms with Gasteiger partial charge in [0.1, 0.15) is 5.60 Å². The molecule has 1 aromatic rings. The first kappa shape index (κ1) is 18.0. The Bertz CT molecular complexity index is 591. The monoisotopic (exact) mass is 360 g/mol. The van der Waals surface area contributed by atoms with Crippen LogP contribution in [0.4, 0.5) is 4.79 Å². The number of halogens is 1. The number of carbonyl (C=O) groups excluding carboxylic acids is 1. The number of aliphatic carboxylic acids is 1. The molecular formula is C15H21ClN2O4S. The largest absolute Gasteiger partial charge is 0.481 e. The molecule has 1 aliphatic heterocycles. The minimum absolute atomic E-state index is 0.0502. The summed E-state index contributed by atoms with van der Waals surface area (Å²) in [5.41, 5.74) is -1.19. The van der Waals surface area contributed by atoms with Crippen molar-refractivity contribution in [3.05, 3.63) is 21.3 Å². The summed E-state index contributed by atoms with van der Waals surface area (Å²) in [6.45, 7) is 6.55. The third-order valence-corrected chi connectivity index (χ3v) is 4.63. The maximum Gasteiger partial charge on any atom is 0.410 e. The fraction of sp³-hybridized carbons (Fsp3) is 0.600. The number of carboxylic acids is 1. The van der Waals surface area contributed by atoms with Crippen molar-refractivity contribution in [2.45, 2.75) is 44.9 Å². The quantitative estimate of drug-likeness (QED) is 0.844. The Balaban J connectivity index is 1.94. The van der Waals surface area contributed by atoms with Crippen molar-refractivity contribution in [1.82, 2.24) is 10.2 Å². The van der Waals surface area contributed by atoms with Crippen LogP contribution < -0.4 is 5.32 Å².